The minimum absolute atomic E-state index is 0.236. The average molecular weight is 432 g/mol. The Kier molecular flexibility index (Phi) is 6.39. The van der Waals surface area contributed by atoms with Crippen molar-refractivity contribution in [2.75, 3.05) is 17.2 Å². The van der Waals surface area contributed by atoms with Crippen molar-refractivity contribution >= 4 is 33.0 Å². The molecule has 8 heteroatoms. The molecule has 1 heterocycles. The average Bonchev–Trinajstić information content (AvgIpc) is 2.97. The van der Waals surface area contributed by atoms with Gasteiger partial charge >= 0.3 is 0 Å². The standard InChI is InChI=1S/C21H22ClN3O3S/c1-3-24(17-10-6-4-7-11-17)20(26)15-29(27,28)14-19-16(2)23-25(21(19)22)18-12-8-5-9-13-18/h4-13H,3,14-15H2,1-2H3. The third-order valence-electron chi connectivity index (χ3n) is 4.52. The van der Waals surface area contributed by atoms with Crippen molar-refractivity contribution in [3.8, 4) is 5.69 Å². The summed E-state index contributed by atoms with van der Waals surface area (Å²) < 4.78 is 27.0. The Morgan fingerprint density at radius 3 is 2.24 bits per heavy atom. The van der Waals surface area contributed by atoms with Crippen molar-refractivity contribution in [3.63, 3.8) is 0 Å². The van der Waals surface area contributed by atoms with Gasteiger partial charge in [-0.3, -0.25) is 4.79 Å². The number of halogens is 1. The SMILES string of the molecule is CCN(C(=O)CS(=O)(=O)Cc1c(C)nn(-c2ccccc2)c1Cl)c1ccccc1. The fraction of sp³-hybridized carbons (Fsp3) is 0.238. The molecule has 1 amide bonds. The fourth-order valence-corrected chi connectivity index (χ4v) is 4.92. The van der Waals surface area contributed by atoms with E-state index >= 15 is 0 Å². The Bertz CT molecular complexity index is 1100. The van der Waals surface area contributed by atoms with Crippen molar-refractivity contribution < 1.29 is 13.2 Å². The van der Waals surface area contributed by atoms with Crippen LogP contribution in [-0.2, 0) is 20.4 Å². The zero-order valence-electron chi connectivity index (χ0n) is 16.2. The molecule has 0 aliphatic rings. The molecule has 0 spiro atoms. The van der Waals surface area contributed by atoms with Crippen LogP contribution in [-0.4, -0.2) is 36.4 Å². The number of nitrogens with zero attached hydrogens (tertiary/aromatic N) is 3. The first kappa shape index (κ1) is 21.1. The molecule has 2 aromatic carbocycles. The lowest BCUT2D eigenvalue weighted by Gasteiger charge is -2.21. The van der Waals surface area contributed by atoms with Gasteiger partial charge in [-0.25, -0.2) is 13.1 Å². The molecule has 3 aromatic rings. The van der Waals surface area contributed by atoms with Crippen LogP contribution >= 0.6 is 11.6 Å². The predicted octanol–water partition coefficient (Wildman–Crippen LogP) is 3.80. The zero-order chi connectivity index (χ0) is 21.0. The Hall–Kier alpha value is -2.64. The monoisotopic (exact) mass is 431 g/mol. The predicted molar refractivity (Wildman–Crippen MR) is 115 cm³/mol. The number of aromatic nitrogens is 2. The van der Waals surface area contributed by atoms with Crippen LogP contribution in [0.1, 0.15) is 18.2 Å². The number of aryl methyl sites for hydroxylation is 1. The second-order valence-corrected chi connectivity index (χ2v) is 9.03. The van der Waals surface area contributed by atoms with Crippen molar-refractivity contribution in [1.82, 2.24) is 9.78 Å². The Morgan fingerprint density at radius 1 is 1.07 bits per heavy atom. The second-order valence-electron chi connectivity index (χ2n) is 6.61. The smallest absolute Gasteiger partial charge is 0.242 e. The van der Waals surface area contributed by atoms with Crippen LogP contribution in [0.3, 0.4) is 0 Å². The zero-order valence-corrected chi connectivity index (χ0v) is 17.8. The van der Waals surface area contributed by atoms with E-state index in [0.717, 1.165) is 5.69 Å². The van der Waals surface area contributed by atoms with Crippen LogP contribution < -0.4 is 4.90 Å². The van der Waals surface area contributed by atoms with E-state index in [2.05, 4.69) is 5.10 Å². The van der Waals surface area contributed by atoms with Crippen LogP contribution in [0, 0.1) is 6.92 Å². The molecule has 0 saturated heterocycles. The van der Waals surface area contributed by atoms with Crippen LogP contribution in [0.15, 0.2) is 60.7 Å². The van der Waals surface area contributed by atoms with Crippen molar-refractivity contribution in [2.45, 2.75) is 19.6 Å². The highest BCUT2D eigenvalue weighted by atomic mass is 35.5. The van der Waals surface area contributed by atoms with Crippen molar-refractivity contribution in [1.29, 1.82) is 0 Å². The summed E-state index contributed by atoms with van der Waals surface area (Å²) >= 11 is 6.43. The van der Waals surface area contributed by atoms with Gasteiger partial charge in [0.25, 0.3) is 0 Å². The van der Waals surface area contributed by atoms with E-state index < -0.39 is 21.5 Å². The van der Waals surface area contributed by atoms with Crippen LogP contribution in [0.4, 0.5) is 5.69 Å². The maximum absolute atomic E-state index is 12.8. The van der Waals surface area contributed by atoms with Gasteiger partial charge < -0.3 is 4.90 Å². The van der Waals surface area contributed by atoms with Gasteiger partial charge in [-0.15, -0.1) is 0 Å². The summed E-state index contributed by atoms with van der Waals surface area (Å²) in [5, 5.41) is 4.60. The van der Waals surface area contributed by atoms with E-state index in [1.54, 1.807) is 31.2 Å². The third kappa shape index (κ3) is 4.86. The molecule has 6 nitrogen and oxygen atoms in total. The van der Waals surface area contributed by atoms with Gasteiger partial charge in [-0.1, -0.05) is 48.0 Å². The normalized spacial score (nSPS) is 11.4. The quantitative estimate of drug-likeness (QED) is 0.570. The number of carbonyl (C=O) groups excluding carboxylic acids is 1. The molecule has 152 valence electrons. The molecule has 1 aromatic heterocycles. The van der Waals surface area contributed by atoms with E-state index in [0.29, 0.717) is 23.5 Å². The van der Waals surface area contributed by atoms with Gasteiger partial charge in [0.1, 0.15) is 10.9 Å². The molecular formula is C21H22ClN3O3S. The van der Waals surface area contributed by atoms with Gasteiger partial charge in [0.05, 0.1) is 17.1 Å². The molecule has 0 unspecified atom stereocenters. The lowest BCUT2D eigenvalue weighted by Crippen LogP contribution is -2.36. The summed E-state index contributed by atoms with van der Waals surface area (Å²) in [6.45, 7) is 3.90. The lowest BCUT2D eigenvalue weighted by atomic mass is 10.3. The van der Waals surface area contributed by atoms with Gasteiger partial charge in [-0.2, -0.15) is 5.10 Å². The molecule has 0 fully saturated rings. The summed E-state index contributed by atoms with van der Waals surface area (Å²) in [5.41, 5.74) is 2.33. The number of rotatable bonds is 7. The van der Waals surface area contributed by atoms with E-state index in [-0.39, 0.29) is 10.9 Å². The number of amides is 1. The van der Waals surface area contributed by atoms with E-state index in [1.807, 2.05) is 43.3 Å². The van der Waals surface area contributed by atoms with Gasteiger partial charge in [0.2, 0.25) is 5.91 Å². The Balaban J connectivity index is 1.81. The van der Waals surface area contributed by atoms with E-state index in [9.17, 15) is 13.2 Å². The highest BCUT2D eigenvalue weighted by Gasteiger charge is 2.26. The van der Waals surface area contributed by atoms with E-state index in [1.165, 1.54) is 9.58 Å². The van der Waals surface area contributed by atoms with Crippen molar-refractivity contribution in [2.24, 2.45) is 0 Å². The van der Waals surface area contributed by atoms with Crippen LogP contribution in [0.25, 0.3) is 5.69 Å². The van der Waals surface area contributed by atoms with Gasteiger partial charge in [0, 0.05) is 17.8 Å². The summed E-state index contributed by atoms with van der Waals surface area (Å²) in [5.74, 6) is -1.41. The van der Waals surface area contributed by atoms with Crippen molar-refractivity contribution in [3.05, 3.63) is 77.1 Å². The van der Waals surface area contributed by atoms with Gasteiger partial charge in [-0.05, 0) is 38.1 Å². The Morgan fingerprint density at radius 2 is 1.66 bits per heavy atom. The number of benzene rings is 2. The Labute approximate surface area is 175 Å². The maximum Gasteiger partial charge on any atom is 0.242 e. The van der Waals surface area contributed by atoms with Crippen LogP contribution in [0.2, 0.25) is 5.15 Å². The molecule has 0 radical (unpaired) electrons. The molecule has 3 rings (SSSR count). The summed E-state index contributed by atoms with van der Waals surface area (Å²) in [7, 11) is -3.74. The molecular weight excluding hydrogens is 410 g/mol. The molecule has 0 aliphatic heterocycles. The number of para-hydroxylation sites is 2. The number of carbonyl (C=O) groups is 1. The molecule has 0 saturated carbocycles. The largest absolute Gasteiger partial charge is 0.312 e. The molecule has 29 heavy (non-hydrogen) atoms. The number of hydrogen-bond donors (Lipinski definition) is 0. The first-order valence-corrected chi connectivity index (χ1v) is 11.4. The summed E-state index contributed by atoms with van der Waals surface area (Å²) in [4.78, 5) is 14.1. The topological polar surface area (TPSA) is 72.3 Å². The minimum atomic E-state index is -3.74. The number of hydrogen-bond acceptors (Lipinski definition) is 4. The highest BCUT2D eigenvalue weighted by Crippen LogP contribution is 2.26. The third-order valence-corrected chi connectivity index (χ3v) is 6.32. The molecule has 0 N–H and O–H groups in total. The second kappa shape index (κ2) is 8.80. The first-order chi connectivity index (χ1) is 13.8. The first-order valence-electron chi connectivity index (χ1n) is 9.17. The minimum Gasteiger partial charge on any atom is -0.312 e. The maximum atomic E-state index is 12.8. The summed E-state index contributed by atoms with van der Waals surface area (Å²) in [6, 6.07) is 18.2. The lowest BCUT2D eigenvalue weighted by molar-refractivity contribution is -0.116. The molecule has 0 bridgehead atoms. The summed E-state index contributed by atoms with van der Waals surface area (Å²) in [6.07, 6.45) is 0. The molecule has 0 atom stereocenters. The van der Waals surface area contributed by atoms with E-state index in [4.69, 9.17) is 11.6 Å². The highest BCUT2D eigenvalue weighted by molar-refractivity contribution is 7.91. The number of anilines is 1. The van der Waals surface area contributed by atoms with Gasteiger partial charge in [0.15, 0.2) is 9.84 Å². The number of sulfone groups is 1. The molecule has 0 aliphatic carbocycles. The fourth-order valence-electron chi connectivity index (χ4n) is 3.08. The van der Waals surface area contributed by atoms with Crippen LogP contribution in [0.5, 0.6) is 0 Å².